The molecule has 2 N–H and O–H groups in total. The van der Waals surface area contributed by atoms with Gasteiger partial charge in [0.25, 0.3) is 5.91 Å². The molecule has 0 saturated heterocycles. The number of anilines is 1. The van der Waals surface area contributed by atoms with Crippen LogP contribution < -0.4 is 15.4 Å². The molecule has 1 aromatic heterocycles. The zero-order valence-electron chi connectivity index (χ0n) is 13.3. The van der Waals surface area contributed by atoms with Gasteiger partial charge in [-0.1, -0.05) is 18.2 Å². The molecule has 1 aliphatic rings. The third-order valence-electron chi connectivity index (χ3n) is 4.16. The Kier molecular flexibility index (Phi) is 3.57. The Labute approximate surface area is 142 Å². The minimum atomic E-state index is -0.667. The molecule has 126 valence electrons. The Balaban J connectivity index is 1.59. The molecular weight excluding hydrogens is 324 g/mol. The van der Waals surface area contributed by atoms with Gasteiger partial charge in [-0.05, 0) is 34.1 Å². The number of carbonyl (C=O) groups excluding carboxylic acids is 2. The number of aromatic nitrogens is 2. The quantitative estimate of drug-likeness (QED) is 0.750. The molecule has 1 aliphatic heterocycles. The van der Waals surface area contributed by atoms with Crippen LogP contribution in [0.5, 0.6) is 5.75 Å². The first-order valence-corrected chi connectivity index (χ1v) is 7.66. The Bertz CT molecular complexity index is 982. The molecule has 1 unspecified atom stereocenters. The summed E-state index contributed by atoms with van der Waals surface area (Å²) in [6.45, 7) is 0. The second-order valence-corrected chi connectivity index (χ2v) is 5.65. The summed E-state index contributed by atoms with van der Waals surface area (Å²) in [4.78, 5) is 24.8. The van der Waals surface area contributed by atoms with Crippen LogP contribution in [0.4, 0.5) is 5.69 Å². The normalized spacial score (nSPS) is 16.2. The lowest BCUT2D eigenvalue weighted by molar-refractivity contribution is -0.118. The highest BCUT2D eigenvalue weighted by molar-refractivity contribution is 6.06. The summed E-state index contributed by atoms with van der Waals surface area (Å²) in [5.74, 6) is -0.101. The van der Waals surface area contributed by atoms with E-state index in [1.807, 2.05) is 12.1 Å². The predicted octanol–water partition coefficient (Wildman–Crippen LogP) is 1.52. The van der Waals surface area contributed by atoms with Crippen molar-refractivity contribution in [2.75, 3.05) is 12.4 Å². The van der Waals surface area contributed by atoms with E-state index in [-0.39, 0.29) is 11.8 Å². The summed E-state index contributed by atoms with van der Waals surface area (Å²) in [5, 5.41) is 13.1. The number of hydrogen-bond acceptors (Lipinski definition) is 6. The van der Waals surface area contributed by atoms with Crippen molar-refractivity contribution in [1.82, 2.24) is 15.6 Å². The van der Waals surface area contributed by atoms with Gasteiger partial charge in [-0.3, -0.25) is 9.59 Å². The SMILES string of the molecule is COc1ccc(NC(=O)C2Cc3ccccc3C(=O)N2)c2nonc12. The molecule has 1 atom stereocenters. The zero-order valence-corrected chi connectivity index (χ0v) is 13.3. The second kappa shape index (κ2) is 5.90. The van der Waals surface area contributed by atoms with Gasteiger partial charge in [0.15, 0.2) is 16.8 Å². The maximum absolute atomic E-state index is 12.6. The van der Waals surface area contributed by atoms with E-state index in [0.29, 0.717) is 34.5 Å². The Hall–Kier alpha value is -3.42. The van der Waals surface area contributed by atoms with Crippen molar-refractivity contribution in [2.45, 2.75) is 12.5 Å². The van der Waals surface area contributed by atoms with Crippen molar-refractivity contribution in [3.05, 3.63) is 47.5 Å². The molecule has 0 fully saturated rings. The molecule has 25 heavy (non-hydrogen) atoms. The lowest BCUT2D eigenvalue weighted by atomic mass is 9.95. The largest absolute Gasteiger partial charge is 0.494 e. The van der Waals surface area contributed by atoms with Gasteiger partial charge < -0.3 is 15.4 Å². The molecule has 0 spiro atoms. The fourth-order valence-corrected chi connectivity index (χ4v) is 2.91. The topological polar surface area (TPSA) is 106 Å². The predicted molar refractivity (Wildman–Crippen MR) is 88.4 cm³/mol. The minimum absolute atomic E-state index is 0.259. The highest BCUT2D eigenvalue weighted by Crippen LogP contribution is 2.29. The van der Waals surface area contributed by atoms with Crippen LogP contribution >= 0.6 is 0 Å². The average Bonchev–Trinajstić information content (AvgIpc) is 3.12. The van der Waals surface area contributed by atoms with Crippen LogP contribution in [0.15, 0.2) is 41.0 Å². The minimum Gasteiger partial charge on any atom is -0.494 e. The highest BCUT2D eigenvalue weighted by Gasteiger charge is 2.29. The number of carbonyl (C=O) groups is 2. The van der Waals surface area contributed by atoms with E-state index >= 15 is 0 Å². The average molecular weight is 338 g/mol. The molecule has 2 amide bonds. The van der Waals surface area contributed by atoms with Crippen molar-refractivity contribution in [2.24, 2.45) is 0 Å². The van der Waals surface area contributed by atoms with Crippen LogP contribution in [0.25, 0.3) is 11.0 Å². The van der Waals surface area contributed by atoms with E-state index in [1.54, 1.807) is 24.3 Å². The first kappa shape index (κ1) is 15.1. The summed E-state index contributed by atoms with van der Waals surface area (Å²) in [5.41, 5.74) is 2.68. The maximum atomic E-state index is 12.6. The second-order valence-electron chi connectivity index (χ2n) is 5.65. The number of ether oxygens (including phenoxy) is 1. The number of methoxy groups -OCH3 is 1. The number of rotatable bonds is 3. The molecule has 0 saturated carbocycles. The molecule has 8 nitrogen and oxygen atoms in total. The molecule has 0 aliphatic carbocycles. The van der Waals surface area contributed by atoms with Crippen molar-refractivity contribution in [1.29, 1.82) is 0 Å². The summed E-state index contributed by atoms with van der Waals surface area (Å²) in [6.07, 6.45) is 0.421. The zero-order chi connectivity index (χ0) is 17.4. The van der Waals surface area contributed by atoms with Crippen LogP contribution in [0, 0.1) is 0 Å². The van der Waals surface area contributed by atoms with Gasteiger partial charge in [0.1, 0.15) is 6.04 Å². The Morgan fingerprint density at radius 2 is 2.04 bits per heavy atom. The lowest BCUT2D eigenvalue weighted by Gasteiger charge is -2.24. The summed E-state index contributed by atoms with van der Waals surface area (Å²) in [7, 11) is 1.51. The molecule has 4 rings (SSSR count). The molecule has 8 heteroatoms. The fraction of sp³-hybridized carbons (Fsp3) is 0.176. The van der Waals surface area contributed by atoms with Gasteiger partial charge >= 0.3 is 0 Å². The Morgan fingerprint density at radius 1 is 1.24 bits per heavy atom. The molecule has 2 aromatic carbocycles. The van der Waals surface area contributed by atoms with E-state index in [2.05, 4.69) is 20.9 Å². The molecule has 0 radical (unpaired) electrons. The van der Waals surface area contributed by atoms with Crippen molar-refractivity contribution in [3.63, 3.8) is 0 Å². The van der Waals surface area contributed by atoms with Gasteiger partial charge in [-0.15, -0.1) is 0 Å². The van der Waals surface area contributed by atoms with Gasteiger partial charge in [0.2, 0.25) is 5.91 Å². The van der Waals surface area contributed by atoms with E-state index in [4.69, 9.17) is 9.37 Å². The van der Waals surface area contributed by atoms with Crippen molar-refractivity contribution >= 4 is 28.5 Å². The molecule has 0 bridgehead atoms. The van der Waals surface area contributed by atoms with Gasteiger partial charge in [-0.2, -0.15) is 0 Å². The summed E-state index contributed by atoms with van der Waals surface area (Å²) in [6, 6.07) is 9.89. The van der Waals surface area contributed by atoms with Gasteiger partial charge in [0, 0.05) is 12.0 Å². The first-order valence-electron chi connectivity index (χ1n) is 7.66. The standard InChI is InChI=1S/C17H14N4O4/c1-24-13-7-6-11(14-15(13)21-25-20-14)18-17(23)12-8-9-4-2-3-5-10(9)16(22)19-12/h2-7,12H,8H2,1H3,(H,18,23)(H,19,22). The van der Waals surface area contributed by atoms with E-state index in [1.165, 1.54) is 7.11 Å². The smallest absolute Gasteiger partial charge is 0.252 e. The summed E-state index contributed by atoms with van der Waals surface area (Å²) >= 11 is 0. The van der Waals surface area contributed by atoms with Gasteiger partial charge in [0.05, 0.1) is 12.8 Å². The van der Waals surface area contributed by atoms with E-state index in [9.17, 15) is 9.59 Å². The number of hydrogen-bond donors (Lipinski definition) is 2. The van der Waals surface area contributed by atoms with E-state index in [0.717, 1.165) is 5.56 Å². The third kappa shape index (κ3) is 2.57. The number of fused-ring (bicyclic) bond motifs is 2. The van der Waals surface area contributed by atoms with Crippen molar-refractivity contribution in [3.8, 4) is 5.75 Å². The lowest BCUT2D eigenvalue weighted by Crippen LogP contribution is -2.48. The number of nitrogens with one attached hydrogen (secondary N) is 2. The third-order valence-corrected chi connectivity index (χ3v) is 4.16. The van der Waals surface area contributed by atoms with Crippen LogP contribution in [-0.2, 0) is 11.2 Å². The van der Waals surface area contributed by atoms with Crippen molar-refractivity contribution < 1.29 is 19.0 Å². The van der Waals surface area contributed by atoms with Gasteiger partial charge in [-0.25, -0.2) is 4.63 Å². The van der Waals surface area contributed by atoms with Crippen LogP contribution in [0.3, 0.4) is 0 Å². The van der Waals surface area contributed by atoms with Crippen LogP contribution in [0.2, 0.25) is 0 Å². The Morgan fingerprint density at radius 3 is 2.88 bits per heavy atom. The molecule has 3 aromatic rings. The number of nitrogens with zero attached hydrogens (tertiary/aromatic N) is 2. The molecule has 2 heterocycles. The number of amides is 2. The molecular formula is C17H14N4O4. The van der Waals surface area contributed by atoms with Crippen LogP contribution in [-0.4, -0.2) is 35.3 Å². The summed E-state index contributed by atoms with van der Waals surface area (Å²) < 4.78 is 9.92. The fourth-order valence-electron chi connectivity index (χ4n) is 2.91. The monoisotopic (exact) mass is 338 g/mol. The van der Waals surface area contributed by atoms with E-state index < -0.39 is 6.04 Å². The maximum Gasteiger partial charge on any atom is 0.252 e. The number of benzene rings is 2. The highest BCUT2D eigenvalue weighted by atomic mass is 16.6. The first-order chi connectivity index (χ1) is 12.2. The van der Waals surface area contributed by atoms with Crippen LogP contribution in [0.1, 0.15) is 15.9 Å².